The topological polar surface area (TPSA) is 41.1 Å². The third-order valence-corrected chi connectivity index (χ3v) is 6.56. The number of thiophene rings is 1. The predicted octanol–water partition coefficient (Wildman–Crippen LogP) is 3.71. The van der Waals surface area contributed by atoms with Gasteiger partial charge in [-0.3, -0.25) is 4.90 Å². The lowest BCUT2D eigenvalue weighted by Gasteiger charge is -2.31. The summed E-state index contributed by atoms with van der Waals surface area (Å²) in [6.45, 7) is 8.15. The van der Waals surface area contributed by atoms with Crippen molar-refractivity contribution in [3.05, 3.63) is 16.8 Å². The second-order valence-electron chi connectivity index (χ2n) is 7.20. The Morgan fingerprint density at radius 3 is 2.78 bits per heavy atom. The first-order valence-corrected chi connectivity index (χ1v) is 9.79. The number of likely N-dealkylation sites (tertiary alicyclic amines) is 1. The highest BCUT2D eigenvalue weighted by molar-refractivity contribution is 7.19. The maximum absolute atomic E-state index is 4.58. The first-order valence-electron chi connectivity index (χ1n) is 8.97. The van der Waals surface area contributed by atoms with Gasteiger partial charge in [0.25, 0.3) is 0 Å². The van der Waals surface area contributed by atoms with Crippen LogP contribution in [0.4, 0.5) is 5.82 Å². The largest absolute Gasteiger partial charge is 0.368 e. The van der Waals surface area contributed by atoms with Crippen molar-refractivity contribution in [3.8, 4) is 0 Å². The summed E-state index contributed by atoms with van der Waals surface area (Å²) in [5.74, 6) is 1.71. The van der Waals surface area contributed by atoms with Crippen LogP contribution >= 0.6 is 11.3 Å². The van der Waals surface area contributed by atoms with Gasteiger partial charge < -0.3 is 5.32 Å². The van der Waals surface area contributed by atoms with Crippen molar-refractivity contribution in [2.24, 2.45) is 5.92 Å². The minimum Gasteiger partial charge on any atom is -0.368 e. The number of nitrogens with one attached hydrogen (secondary N) is 1. The minimum atomic E-state index is 0.592. The summed E-state index contributed by atoms with van der Waals surface area (Å²) in [6, 6.07) is 0.592. The van der Waals surface area contributed by atoms with E-state index in [0.717, 1.165) is 17.2 Å². The number of rotatable bonds is 5. The fraction of sp³-hybridized carbons (Fsp3) is 0.667. The molecule has 0 bridgehead atoms. The Labute approximate surface area is 142 Å². The smallest absolute Gasteiger partial charge is 0.138 e. The molecule has 3 heterocycles. The van der Waals surface area contributed by atoms with Gasteiger partial charge in [-0.2, -0.15) is 0 Å². The van der Waals surface area contributed by atoms with E-state index in [1.807, 2.05) is 11.3 Å². The third kappa shape index (κ3) is 2.85. The average molecular weight is 331 g/mol. The highest BCUT2D eigenvalue weighted by Crippen LogP contribution is 2.39. The Bertz CT molecular complexity index is 688. The van der Waals surface area contributed by atoms with Gasteiger partial charge in [0.1, 0.15) is 17.0 Å². The van der Waals surface area contributed by atoms with Crippen LogP contribution < -0.4 is 5.32 Å². The summed E-state index contributed by atoms with van der Waals surface area (Å²) in [5, 5.41) is 4.98. The molecule has 0 aromatic carbocycles. The van der Waals surface area contributed by atoms with Crippen LogP contribution in [-0.4, -0.2) is 40.5 Å². The molecule has 2 aliphatic rings. The zero-order valence-corrected chi connectivity index (χ0v) is 15.0. The standard InChI is InChI=1S/C18H26N4S/c1-12(2)14(22-8-3-4-9-22)10-19-17-16-13-6-5-7-15(13)23-18(16)21-11-20-17/h11-12,14H,3-10H2,1-2H3,(H,19,20,21)/t14-/m0/s1. The van der Waals surface area contributed by atoms with E-state index in [-0.39, 0.29) is 0 Å². The lowest BCUT2D eigenvalue weighted by Crippen LogP contribution is -2.42. The van der Waals surface area contributed by atoms with Gasteiger partial charge in [-0.1, -0.05) is 13.8 Å². The second kappa shape index (κ2) is 6.36. The molecule has 1 atom stereocenters. The van der Waals surface area contributed by atoms with Crippen molar-refractivity contribution in [2.45, 2.75) is 52.0 Å². The maximum Gasteiger partial charge on any atom is 0.138 e. The molecule has 4 rings (SSSR count). The van der Waals surface area contributed by atoms with Crippen LogP contribution in [0.15, 0.2) is 6.33 Å². The molecule has 5 heteroatoms. The number of hydrogen-bond acceptors (Lipinski definition) is 5. The first kappa shape index (κ1) is 15.3. The van der Waals surface area contributed by atoms with E-state index in [9.17, 15) is 0 Å². The lowest BCUT2D eigenvalue weighted by atomic mass is 10.0. The molecule has 0 saturated carbocycles. The number of fused-ring (bicyclic) bond motifs is 3. The number of hydrogen-bond donors (Lipinski definition) is 1. The van der Waals surface area contributed by atoms with Crippen molar-refractivity contribution in [3.63, 3.8) is 0 Å². The Hall–Kier alpha value is -1.20. The van der Waals surface area contributed by atoms with Crippen LogP contribution in [-0.2, 0) is 12.8 Å². The summed E-state index contributed by atoms with van der Waals surface area (Å²) < 4.78 is 0. The van der Waals surface area contributed by atoms with Gasteiger partial charge in [0.15, 0.2) is 0 Å². The molecule has 124 valence electrons. The van der Waals surface area contributed by atoms with Crippen molar-refractivity contribution < 1.29 is 0 Å². The quantitative estimate of drug-likeness (QED) is 0.907. The van der Waals surface area contributed by atoms with Crippen LogP contribution in [0.25, 0.3) is 10.2 Å². The van der Waals surface area contributed by atoms with E-state index in [4.69, 9.17) is 0 Å². The molecule has 2 aromatic heterocycles. The second-order valence-corrected chi connectivity index (χ2v) is 8.28. The molecule has 0 unspecified atom stereocenters. The van der Waals surface area contributed by atoms with Gasteiger partial charge in [0.05, 0.1) is 5.39 Å². The molecular formula is C18H26N4S. The van der Waals surface area contributed by atoms with Gasteiger partial charge in [0.2, 0.25) is 0 Å². The van der Waals surface area contributed by atoms with Crippen molar-refractivity contribution in [1.29, 1.82) is 0 Å². The molecule has 0 spiro atoms. The van der Waals surface area contributed by atoms with Crippen LogP contribution in [0, 0.1) is 5.92 Å². The highest BCUT2D eigenvalue weighted by Gasteiger charge is 2.26. The number of aryl methyl sites for hydroxylation is 2. The Morgan fingerprint density at radius 1 is 1.17 bits per heavy atom. The van der Waals surface area contributed by atoms with Gasteiger partial charge >= 0.3 is 0 Å². The minimum absolute atomic E-state index is 0.592. The zero-order chi connectivity index (χ0) is 15.8. The lowest BCUT2D eigenvalue weighted by molar-refractivity contribution is 0.201. The molecular weight excluding hydrogens is 304 g/mol. The average Bonchev–Trinajstić information content (AvgIpc) is 3.23. The number of nitrogens with zero attached hydrogens (tertiary/aromatic N) is 3. The van der Waals surface area contributed by atoms with Gasteiger partial charge in [-0.15, -0.1) is 11.3 Å². The summed E-state index contributed by atoms with van der Waals surface area (Å²) in [4.78, 5) is 14.4. The highest BCUT2D eigenvalue weighted by atomic mass is 32.1. The van der Waals surface area contributed by atoms with E-state index in [1.54, 1.807) is 6.33 Å². The third-order valence-electron chi connectivity index (χ3n) is 5.36. The normalized spacial score (nSPS) is 19.6. The van der Waals surface area contributed by atoms with E-state index >= 15 is 0 Å². The van der Waals surface area contributed by atoms with Crippen LogP contribution in [0.2, 0.25) is 0 Å². The van der Waals surface area contributed by atoms with Gasteiger partial charge in [0, 0.05) is 17.5 Å². The molecule has 1 aliphatic carbocycles. The SMILES string of the molecule is CC(C)[C@H](CNc1ncnc2sc3c(c12)CCC3)N1CCCC1. The molecule has 1 N–H and O–H groups in total. The van der Waals surface area contributed by atoms with Crippen LogP contribution in [0.3, 0.4) is 0 Å². The first-order chi connectivity index (χ1) is 11.2. The summed E-state index contributed by atoms with van der Waals surface area (Å²) in [7, 11) is 0. The molecule has 23 heavy (non-hydrogen) atoms. The molecule has 2 aromatic rings. The van der Waals surface area contributed by atoms with E-state index < -0.39 is 0 Å². The molecule has 0 amide bonds. The van der Waals surface area contributed by atoms with Crippen LogP contribution in [0.5, 0.6) is 0 Å². The van der Waals surface area contributed by atoms with Crippen molar-refractivity contribution >= 4 is 27.4 Å². The molecule has 4 nitrogen and oxygen atoms in total. The molecule has 0 radical (unpaired) electrons. The zero-order valence-electron chi connectivity index (χ0n) is 14.1. The summed E-state index contributed by atoms with van der Waals surface area (Å²) in [5.41, 5.74) is 1.51. The molecule has 1 fully saturated rings. The fourth-order valence-corrected chi connectivity index (χ4v) is 5.35. The molecule has 1 aliphatic heterocycles. The fourth-order valence-electron chi connectivity index (χ4n) is 4.12. The van der Waals surface area contributed by atoms with Gasteiger partial charge in [-0.05, 0) is 56.7 Å². The maximum atomic E-state index is 4.58. The Balaban J connectivity index is 1.57. The van der Waals surface area contributed by atoms with Crippen molar-refractivity contribution in [2.75, 3.05) is 25.0 Å². The number of anilines is 1. The predicted molar refractivity (Wildman–Crippen MR) is 97.4 cm³/mol. The Morgan fingerprint density at radius 2 is 2.00 bits per heavy atom. The van der Waals surface area contributed by atoms with Crippen LogP contribution in [0.1, 0.15) is 43.6 Å². The molecule has 1 saturated heterocycles. The van der Waals surface area contributed by atoms with Crippen molar-refractivity contribution in [1.82, 2.24) is 14.9 Å². The monoisotopic (exact) mass is 330 g/mol. The Kier molecular flexibility index (Phi) is 4.24. The summed E-state index contributed by atoms with van der Waals surface area (Å²) >= 11 is 1.86. The van der Waals surface area contributed by atoms with E-state index in [2.05, 4.69) is 34.0 Å². The summed E-state index contributed by atoms with van der Waals surface area (Å²) in [6.07, 6.45) is 8.11. The van der Waals surface area contributed by atoms with E-state index in [1.165, 1.54) is 61.0 Å². The number of aromatic nitrogens is 2. The van der Waals surface area contributed by atoms with Gasteiger partial charge in [-0.25, -0.2) is 9.97 Å². The van der Waals surface area contributed by atoms with E-state index in [0.29, 0.717) is 12.0 Å².